The van der Waals surface area contributed by atoms with Gasteiger partial charge in [-0.2, -0.15) is 0 Å². The maximum atomic E-state index is 13.8. The summed E-state index contributed by atoms with van der Waals surface area (Å²) in [5.41, 5.74) is 2.44. The summed E-state index contributed by atoms with van der Waals surface area (Å²) >= 11 is 0. The molecule has 3 nitrogen and oxygen atoms in total. The lowest BCUT2D eigenvalue weighted by Crippen LogP contribution is -2.08. The first-order valence-electron chi connectivity index (χ1n) is 6.33. The van der Waals surface area contributed by atoms with Crippen molar-refractivity contribution in [3.8, 4) is 0 Å². The van der Waals surface area contributed by atoms with E-state index in [1.807, 2.05) is 38.1 Å². The molecule has 2 rings (SSSR count). The minimum absolute atomic E-state index is 0.0592. The first-order chi connectivity index (χ1) is 9.47. The summed E-state index contributed by atoms with van der Waals surface area (Å²) in [5.74, 6) is -1.70. The quantitative estimate of drug-likeness (QED) is 0.885. The summed E-state index contributed by atoms with van der Waals surface area (Å²) in [6.07, 6.45) is 0. The molecule has 2 aromatic carbocycles. The Balaban J connectivity index is 2.17. The highest BCUT2D eigenvalue weighted by molar-refractivity contribution is 5.88. The van der Waals surface area contributed by atoms with E-state index in [2.05, 4.69) is 5.32 Å². The number of hydrogen-bond acceptors (Lipinski definition) is 2. The van der Waals surface area contributed by atoms with E-state index in [0.717, 1.165) is 17.2 Å². The maximum absolute atomic E-state index is 13.8. The summed E-state index contributed by atoms with van der Waals surface area (Å²) in [4.78, 5) is 10.8. The second-order valence-corrected chi connectivity index (χ2v) is 4.78. The van der Waals surface area contributed by atoms with E-state index in [0.29, 0.717) is 5.69 Å². The van der Waals surface area contributed by atoms with Gasteiger partial charge in [0.25, 0.3) is 0 Å². The molecule has 0 saturated heterocycles. The number of carboxylic acids is 1. The second-order valence-electron chi connectivity index (χ2n) is 4.78. The van der Waals surface area contributed by atoms with Crippen molar-refractivity contribution >= 4 is 11.7 Å². The third-order valence-electron chi connectivity index (χ3n) is 3.17. The first kappa shape index (κ1) is 14.1. The Morgan fingerprint density at radius 2 is 1.85 bits per heavy atom. The van der Waals surface area contributed by atoms with E-state index in [4.69, 9.17) is 5.11 Å². The van der Waals surface area contributed by atoms with Crippen molar-refractivity contribution < 1.29 is 14.3 Å². The Kier molecular flexibility index (Phi) is 4.03. The van der Waals surface area contributed by atoms with E-state index in [9.17, 15) is 9.18 Å². The van der Waals surface area contributed by atoms with Crippen LogP contribution in [-0.4, -0.2) is 11.1 Å². The van der Waals surface area contributed by atoms with Gasteiger partial charge in [-0.1, -0.05) is 29.8 Å². The Hall–Kier alpha value is -2.36. The Morgan fingerprint density at radius 1 is 1.20 bits per heavy atom. The predicted octanol–water partition coefficient (Wildman–Crippen LogP) is 4.01. The molecular formula is C16H16FNO2. The highest BCUT2D eigenvalue weighted by Gasteiger charge is 2.11. The minimum Gasteiger partial charge on any atom is -0.478 e. The highest BCUT2D eigenvalue weighted by atomic mass is 19.1. The minimum atomic E-state index is -1.14. The third kappa shape index (κ3) is 3.15. The molecule has 0 heterocycles. The van der Waals surface area contributed by atoms with Crippen LogP contribution in [0.4, 0.5) is 10.1 Å². The lowest BCUT2D eigenvalue weighted by Gasteiger charge is -2.16. The van der Waals surface area contributed by atoms with Crippen LogP contribution in [0.1, 0.15) is 34.5 Å². The second kappa shape index (κ2) is 5.74. The van der Waals surface area contributed by atoms with Crippen molar-refractivity contribution in [1.29, 1.82) is 0 Å². The fourth-order valence-electron chi connectivity index (χ4n) is 1.94. The van der Waals surface area contributed by atoms with Crippen molar-refractivity contribution in [3.63, 3.8) is 0 Å². The number of nitrogens with one attached hydrogen (secondary N) is 1. The van der Waals surface area contributed by atoms with Gasteiger partial charge in [0.05, 0.1) is 11.3 Å². The Bertz CT molecular complexity index is 623. The van der Waals surface area contributed by atoms with Gasteiger partial charge < -0.3 is 10.4 Å². The fraction of sp³-hybridized carbons (Fsp3) is 0.188. The standard InChI is InChI=1S/C16H16FNO2/c1-10-3-5-12(6-4-10)11(2)18-15-8-7-13(16(19)20)9-14(15)17/h3-9,11,18H,1-2H3,(H,19,20). The van der Waals surface area contributed by atoms with Gasteiger partial charge in [-0.3, -0.25) is 0 Å². The molecule has 0 aliphatic rings. The molecule has 0 bridgehead atoms. The van der Waals surface area contributed by atoms with Crippen molar-refractivity contribution in [3.05, 3.63) is 65.0 Å². The Labute approximate surface area is 117 Å². The number of hydrogen-bond donors (Lipinski definition) is 2. The zero-order valence-corrected chi connectivity index (χ0v) is 11.4. The molecule has 104 valence electrons. The third-order valence-corrected chi connectivity index (χ3v) is 3.17. The zero-order valence-electron chi connectivity index (χ0n) is 11.4. The number of anilines is 1. The first-order valence-corrected chi connectivity index (χ1v) is 6.33. The van der Waals surface area contributed by atoms with E-state index in [1.54, 1.807) is 0 Å². The molecule has 2 N–H and O–H groups in total. The number of halogens is 1. The molecule has 1 atom stereocenters. The van der Waals surface area contributed by atoms with Gasteiger partial charge in [0, 0.05) is 6.04 Å². The van der Waals surface area contributed by atoms with E-state index >= 15 is 0 Å². The van der Waals surface area contributed by atoms with Crippen LogP contribution in [0.2, 0.25) is 0 Å². The molecule has 0 spiro atoms. The van der Waals surface area contributed by atoms with Crippen LogP contribution < -0.4 is 5.32 Å². The van der Waals surface area contributed by atoms with E-state index < -0.39 is 11.8 Å². The van der Waals surface area contributed by atoms with Gasteiger partial charge in [0.1, 0.15) is 5.82 Å². The Morgan fingerprint density at radius 3 is 2.40 bits per heavy atom. The molecule has 20 heavy (non-hydrogen) atoms. The summed E-state index contributed by atoms with van der Waals surface area (Å²) in [5, 5.41) is 11.8. The van der Waals surface area contributed by atoms with Gasteiger partial charge in [-0.15, -0.1) is 0 Å². The molecule has 0 aliphatic carbocycles. The number of aromatic carboxylic acids is 1. The smallest absolute Gasteiger partial charge is 0.335 e. The van der Waals surface area contributed by atoms with Crippen LogP contribution in [-0.2, 0) is 0 Å². The van der Waals surface area contributed by atoms with Gasteiger partial charge in [-0.05, 0) is 37.6 Å². The zero-order chi connectivity index (χ0) is 14.7. The molecular weight excluding hydrogens is 257 g/mol. The van der Waals surface area contributed by atoms with Crippen LogP contribution >= 0.6 is 0 Å². The molecule has 0 radical (unpaired) electrons. The molecule has 0 aromatic heterocycles. The lowest BCUT2D eigenvalue weighted by molar-refractivity contribution is 0.0696. The molecule has 0 amide bonds. The largest absolute Gasteiger partial charge is 0.478 e. The normalized spacial score (nSPS) is 11.9. The molecule has 0 saturated carbocycles. The summed E-state index contributed by atoms with van der Waals surface area (Å²) in [7, 11) is 0. The SMILES string of the molecule is Cc1ccc(C(C)Nc2ccc(C(=O)O)cc2F)cc1. The number of carboxylic acid groups (broad SMARTS) is 1. The van der Waals surface area contributed by atoms with Crippen molar-refractivity contribution in [2.45, 2.75) is 19.9 Å². The summed E-state index contributed by atoms with van der Waals surface area (Å²) < 4.78 is 13.8. The average molecular weight is 273 g/mol. The molecule has 2 aromatic rings. The number of aryl methyl sites for hydroxylation is 1. The maximum Gasteiger partial charge on any atom is 0.335 e. The van der Waals surface area contributed by atoms with Crippen molar-refractivity contribution in [2.24, 2.45) is 0 Å². The van der Waals surface area contributed by atoms with Gasteiger partial charge in [0.2, 0.25) is 0 Å². The molecule has 0 fully saturated rings. The number of carbonyl (C=O) groups is 1. The van der Waals surface area contributed by atoms with E-state index in [1.165, 1.54) is 12.1 Å². The highest BCUT2D eigenvalue weighted by Crippen LogP contribution is 2.22. The van der Waals surface area contributed by atoms with Crippen molar-refractivity contribution in [2.75, 3.05) is 5.32 Å². The monoisotopic (exact) mass is 273 g/mol. The molecule has 4 heteroatoms. The van der Waals surface area contributed by atoms with Gasteiger partial charge >= 0.3 is 5.97 Å². The number of benzene rings is 2. The van der Waals surface area contributed by atoms with E-state index in [-0.39, 0.29) is 11.6 Å². The van der Waals surface area contributed by atoms with Crippen LogP contribution in [0.5, 0.6) is 0 Å². The summed E-state index contributed by atoms with van der Waals surface area (Å²) in [6, 6.07) is 11.7. The summed E-state index contributed by atoms with van der Waals surface area (Å²) in [6.45, 7) is 3.93. The topological polar surface area (TPSA) is 49.3 Å². The molecule has 1 unspecified atom stereocenters. The average Bonchev–Trinajstić information content (AvgIpc) is 2.41. The van der Waals surface area contributed by atoms with Crippen LogP contribution in [0.3, 0.4) is 0 Å². The van der Waals surface area contributed by atoms with Gasteiger partial charge in [0.15, 0.2) is 0 Å². The van der Waals surface area contributed by atoms with Crippen LogP contribution in [0.15, 0.2) is 42.5 Å². The predicted molar refractivity (Wildman–Crippen MR) is 76.6 cm³/mol. The van der Waals surface area contributed by atoms with Gasteiger partial charge in [-0.25, -0.2) is 9.18 Å². The van der Waals surface area contributed by atoms with Crippen LogP contribution in [0, 0.1) is 12.7 Å². The van der Waals surface area contributed by atoms with Crippen LogP contribution in [0.25, 0.3) is 0 Å². The lowest BCUT2D eigenvalue weighted by atomic mass is 10.1. The molecule has 0 aliphatic heterocycles. The van der Waals surface area contributed by atoms with Crippen molar-refractivity contribution in [1.82, 2.24) is 0 Å². The fourth-order valence-corrected chi connectivity index (χ4v) is 1.94. The number of rotatable bonds is 4.